The van der Waals surface area contributed by atoms with E-state index in [4.69, 9.17) is 9.72 Å². The number of aromatic nitrogens is 4. The maximum Gasteiger partial charge on any atom is 0.269 e. The predicted molar refractivity (Wildman–Crippen MR) is 303 cm³/mol. The fourth-order valence-corrected chi connectivity index (χ4v) is 10.4. The summed E-state index contributed by atoms with van der Waals surface area (Å²) in [6.07, 6.45) is 8.16. The summed E-state index contributed by atoms with van der Waals surface area (Å²) < 4.78 is 14.1. The van der Waals surface area contributed by atoms with E-state index in [1.165, 1.54) is 44.2 Å². The van der Waals surface area contributed by atoms with Crippen LogP contribution in [0.3, 0.4) is 0 Å². The van der Waals surface area contributed by atoms with E-state index >= 15 is 0 Å². The van der Waals surface area contributed by atoms with Crippen LogP contribution in [0.2, 0.25) is 0 Å². The van der Waals surface area contributed by atoms with Crippen LogP contribution in [0.1, 0.15) is 129 Å². The van der Waals surface area contributed by atoms with Crippen molar-refractivity contribution in [3.8, 4) is 39.8 Å². The number of hydrogen-bond acceptors (Lipinski definition) is 2. The third-order valence-electron chi connectivity index (χ3n) is 15.0. The predicted octanol–water partition coefficient (Wildman–Crippen LogP) is 17.0. The van der Waals surface area contributed by atoms with Crippen LogP contribution < -0.4 is 9.30 Å². The maximum absolute atomic E-state index is 7.29. The van der Waals surface area contributed by atoms with Gasteiger partial charge in [0.2, 0.25) is 0 Å². The molecule has 7 aromatic carbocycles. The molecule has 0 aliphatic heterocycles. The van der Waals surface area contributed by atoms with E-state index < -0.39 is 5.41 Å². The highest BCUT2D eigenvalue weighted by atomic mass is 16.5. The van der Waals surface area contributed by atoms with Gasteiger partial charge in [-0.05, 0) is 115 Å². The van der Waals surface area contributed by atoms with E-state index in [2.05, 4.69) is 292 Å². The Labute approximate surface area is 433 Å². The van der Waals surface area contributed by atoms with Crippen LogP contribution in [-0.2, 0) is 27.1 Å². The summed E-state index contributed by atoms with van der Waals surface area (Å²) in [7, 11) is 0. The summed E-state index contributed by atoms with van der Waals surface area (Å²) in [6.45, 7) is 29.8. The quantitative estimate of drug-likeness (QED) is 0.101. The third kappa shape index (κ3) is 9.43. The van der Waals surface area contributed by atoms with Gasteiger partial charge in [-0.1, -0.05) is 205 Å². The number of para-hydroxylation sites is 1. The molecule has 0 N–H and O–H groups in total. The van der Waals surface area contributed by atoms with Gasteiger partial charge in [0.05, 0.1) is 28.1 Å². The number of fused-ring (bicyclic) bond motifs is 3. The Morgan fingerprint density at radius 3 is 1.70 bits per heavy atom. The van der Waals surface area contributed by atoms with Crippen LogP contribution in [0.25, 0.3) is 50.1 Å². The molecule has 0 aliphatic carbocycles. The first-order valence-corrected chi connectivity index (χ1v) is 25.9. The van der Waals surface area contributed by atoms with E-state index in [1.807, 2.05) is 6.20 Å². The van der Waals surface area contributed by atoms with Crippen molar-refractivity contribution in [2.24, 2.45) is 0 Å². The zero-order valence-corrected chi connectivity index (χ0v) is 45.1. The van der Waals surface area contributed by atoms with Gasteiger partial charge in [-0.2, -0.15) is 0 Å². The molecule has 0 radical (unpaired) electrons. The zero-order valence-electron chi connectivity index (χ0n) is 45.1. The van der Waals surface area contributed by atoms with Gasteiger partial charge in [0.1, 0.15) is 17.3 Å². The summed E-state index contributed by atoms with van der Waals surface area (Å²) in [5.74, 6) is 2.37. The van der Waals surface area contributed by atoms with Crippen molar-refractivity contribution in [1.82, 2.24) is 14.1 Å². The lowest BCUT2D eigenvalue weighted by atomic mass is 9.75. The molecule has 0 aliphatic rings. The van der Waals surface area contributed by atoms with E-state index in [0.717, 1.165) is 56.5 Å². The van der Waals surface area contributed by atoms with Crippen LogP contribution in [0, 0.1) is 6.33 Å². The molecule has 0 saturated carbocycles. The highest BCUT2D eigenvalue weighted by molar-refractivity contribution is 6.11. The number of pyridine rings is 1. The van der Waals surface area contributed by atoms with Gasteiger partial charge in [-0.25, -0.2) is 4.98 Å². The normalized spacial score (nSPS) is 12.7. The Morgan fingerprint density at radius 2 is 1.05 bits per heavy atom. The van der Waals surface area contributed by atoms with Crippen molar-refractivity contribution in [1.29, 1.82) is 0 Å². The molecule has 10 aromatic rings. The van der Waals surface area contributed by atoms with Crippen molar-refractivity contribution in [2.75, 3.05) is 0 Å². The first kappa shape index (κ1) is 49.1. The Bertz CT molecular complexity index is 3630. The van der Waals surface area contributed by atoms with E-state index in [1.54, 1.807) is 0 Å². The molecular formula is C68H70N4O. The Morgan fingerprint density at radius 1 is 0.466 bits per heavy atom. The van der Waals surface area contributed by atoms with Gasteiger partial charge in [0, 0.05) is 40.1 Å². The molecule has 0 unspecified atom stereocenters. The van der Waals surface area contributed by atoms with Crippen molar-refractivity contribution < 1.29 is 9.30 Å². The van der Waals surface area contributed by atoms with Crippen molar-refractivity contribution in [2.45, 2.75) is 117 Å². The zero-order chi connectivity index (χ0) is 51.7. The van der Waals surface area contributed by atoms with Crippen LogP contribution in [0.4, 0.5) is 0 Å². The molecule has 0 spiro atoms. The molecule has 368 valence electrons. The topological polar surface area (TPSA) is 35.9 Å². The molecule has 5 heteroatoms. The largest absolute Gasteiger partial charge is 0.458 e. The Kier molecular flexibility index (Phi) is 12.2. The minimum absolute atomic E-state index is 0.0476. The number of benzene rings is 7. The monoisotopic (exact) mass is 959 g/mol. The lowest BCUT2D eigenvalue weighted by Crippen LogP contribution is -2.31. The molecule has 0 atom stereocenters. The van der Waals surface area contributed by atoms with Gasteiger partial charge in [0.25, 0.3) is 6.33 Å². The molecule has 0 saturated heterocycles. The number of hydrogen-bond donors (Lipinski definition) is 0. The minimum atomic E-state index is -0.432. The summed E-state index contributed by atoms with van der Waals surface area (Å²) >= 11 is 0. The van der Waals surface area contributed by atoms with E-state index in [9.17, 15) is 0 Å². The molecule has 0 fully saturated rings. The first-order chi connectivity index (χ1) is 34.6. The van der Waals surface area contributed by atoms with Crippen molar-refractivity contribution in [3.05, 3.63) is 234 Å². The van der Waals surface area contributed by atoms with Crippen LogP contribution in [0.5, 0.6) is 11.5 Å². The SMILES string of the molecule is CC(C)(C)c1cc(-[n+]2[c-]n(-c3cc(Oc4cc(C(C)(C)C)c5c6ccccc6n(-c6cc(C(C)(C)C)ccn6)c5c4)cc(-c4ccccc4)c3)c(C(C)(C)c3ccccc3)c2)cc(C(C)(C)c2ccccc2)c1. The molecule has 10 rings (SSSR count). The molecule has 3 aromatic heterocycles. The second kappa shape index (κ2) is 18.2. The lowest BCUT2D eigenvalue weighted by Gasteiger charge is -2.30. The van der Waals surface area contributed by atoms with Crippen LogP contribution in [-0.4, -0.2) is 14.1 Å². The third-order valence-corrected chi connectivity index (χ3v) is 15.0. The minimum Gasteiger partial charge on any atom is -0.458 e. The molecule has 5 nitrogen and oxygen atoms in total. The second-order valence-corrected chi connectivity index (χ2v) is 24.1. The lowest BCUT2D eigenvalue weighted by molar-refractivity contribution is -0.599. The first-order valence-electron chi connectivity index (χ1n) is 25.9. The molecule has 3 heterocycles. The summed E-state index contributed by atoms with van der Waals surface area (Å²) in [6, 6.07) is 63.6. The molecule has 0 amide bonds. The highest BCUT2D eigenvalue weighted by Gasteiger charge is 2.32. The van der Waals surface area contributed by atoms with Crippen molar-refractivity contribution in [3.63, 3.8) is 0 Å². The van der Waals surface area contributed by atoms with Crippen LogP contribution >= 0.6 is 0 Å². The standard InChI is InChI=1S/C68H70N4O/c1-64(2,3)50-33-34-69-62(40-50)72-59-32-24-23-31-57(59)63-58(66(7,8)9)42-56(43-60(63)72)73-55-36-47(46-25-17-14-18-26-46)35-54(41-55)71-45-70(44-61(71)68(12,13)49-29-21-16-22-30-49)53-38-51(65(4,5)6)37-52(39-53)67(10,11)48-27-19-15-20-28-48/h14-44H,1-13H3. The highest BCUT2D eigenvalue weighted by Crippen LogP contribution is 2.44. The number of ether oxygens (including phenoxy) is 1. The number of imidazole rings is 1. The smallest absolute Gasteiger partial charge is 0.269 e. The van der Waals surface area contributed by atoms with Gasteiger partial charge in [0.15, 0.2) is 0 Å². The van der Waals surface area contributed by atoms with Gasteiger partial charge < -0.3 is 4.74 Å². The average molecular weight is 959 g/mol. The molecule has 73 heavy (non-hydrogen) atoms. The van der Waals surface area contributed by atoms with Gasteiger partial charge >= 0.3 is 0 Å². The average Bonchev–Trinajstić information content (AvgIpc) is 3.97. The summed E-state index contributed by atoms with van der Waals surface area (Å²) in [5.41, 5.74) is 13.8. The number of rotatable bonds is 10. The van der Waals surface area contributed by atoms with Gasteiger partial charge in [-0.3, -0.25) is 13.7 Å². The van der Waals surface area contributed by atoms with E-state index in [-0.39, 0.29) is 21.7 Å². The van der Waals surface area contributed by atoms with Gasteiger partial charge in [-0.15, -0.1) is 0 Å². The van der Waals surface area contributed by atoms with E-state index in [0.29, 0.717) is 0 Å². The van der Waals surface area contributed by atoms with Crippen LogP contribution in [0.15, 0.2) is 188 Å². The fraction of sp³-hybridized carbons (Fsp3) is 0.265. The summed E-state index contributed by atoms with van der Waals surface area (Å²) in [5, 5.41) is 2.40. The Hall–Kier alpha value is -7.50. The number of nitrogens with zero attached hydrogens (tertiary/aromatic N) is 4. The maximum atomic E-state index is 7.29. The summed E-state index contributed by atoms with van der Waals surface area (Å²) in [4.78, 5) is 5.03. The van der Waals surface area contributed by atoms with Crippen molar-refractivity contribution >= 4 is 21.8 Å². The fourth-order valence-electron chi connectivity index (χ4n) is 10.4. The molecule has 0 bridgehead atoms. The Balaban J connectivity index is 1.20. The molecular weight excluding hydrogens is 889 g/mol. The second-order valence-electron chi connectivity index (χ2n) is 24.1.